The topological polar surface area (TPSA) is 27.1 Å². The van der Waals surface area contributed by atoms with E-state index in [0.29, 0.717) is 0 Å². The maximum atomic E-state index is 12.3. The molecule has 13 heavy (non-hydrogen) atoms. The molecule has 0 saturated heterocycles. The third kappa shape index (κ3) is 1.61. The van der Waals surface area contributed by atoms with Crippen molar-refractivity contribution in [1.82, 2.24) is 9.78 Å². The summed E-state index contributed by atoms with van der Waals surface area (Å²) in [6.07, 6.45) is -4.39. The smallest absolute Gasteiger partial charge is 0.433 e. The second-order valence-corrected chi connectivity index (χ2v) is 2.60. The van der Waals surface area contributed by atoms with E-state index in [4.69, 9.17) is 0 Å². The molecule has 0 spiro atoms. The molecule has 0 unspecified atom stereocenters. The largest absolute Gasteiger partial charge is 0.480 e. The summed E-state index contributed by atoms with van der Waals surface area (Å²) in [5.74, 6) is 0.00910. The molecular formula is C7H9F3N2O. The van der Waals surface area contributed by atoms with Gasteiger partial charge in [-0.15, -0.1) is 5.10 Å². The Labute approximate surface area is 73.1 Å². The molecule has 0 aliphatic carbocycles. The van der Waals surface area contributed by atoms with Gasteiger partial charge in [0.25, 0.3) is 0 Å². The molecule has 1 aromatic rings. The van der Waals surface area contributed by atoms with Crippen LogP contribution in [0.25, 0.3) is 0 Å². The van der Waals surface area contributed by atoms with Crippen LogP contribution in [0, 0.1) is 6.92 Å². The lowest BCUT2D eigenvalue weighted by molar-refractivity contribution is -0.144. The number of hydrogen-bond donors (Lipinski definition) is 0. The quantitative estimate of drug-likeness (QED) is 0.681. The number of hydrogen-bond acceptors (Lipinski definition) is 2. The Morgan fingerprint density at radius 2 is 1.92 bits per heavy atom. The average molecular weight is 194 g/mol. The van der Waals surface area contributed by atoms with E-state index in [9.17, 15) is 13.2 Å². The van der Waals surface area contributed by atoms with Crippen molar-refractivity contribution in [2.45, 2.75) is 13.1 Å². The van der Waals surface area contributed by atoms with Gasteiger partial charge in [-0.25, -0.2) is 0 Å². The number of ether oxygens (including phenoxy) is 1. The first-order valence-electron chi connectivity index (χ1n) is 3.52. The second kappa shape index (κ2) is 2.93. The van der Waals surface area contributed by atoms with Crippen molar-refractivity contribution in [3.05, 3.63) is 11.3 Å². The Kier molecular flexibility index (Phi) is 2.23. The molecule has 0 atom stereocenters. The Morgan fingerprint density at radius 1 is 1.38 bits per heavy atom. The zero-order valence-electron chi connectivity index (χ0n) is 7.44. The molecule has 0 radical (unpaired) electrons. The molecule has 6 heteroatoms. The Morgan fingerprint density at radius 3 is 2.15 bits per heavy atom. The Bertz CT molecular complexity index is 316. The van der Waals surface area contributed by atoms with Crippen molar-refractivity contribution in [2.75, 3.05) is 7.11 Å². The summed E-state index contributed by atoms with van der Waals surface area (Å²) in [6.45, 7) is 1.33. The fourth-order valence-electron chi connectivity index (χ4n) is 1.20. The van der Waals surface area contributed by atoms with Crippen LogP contribution in [0.1, 0.15) is 11.3 Å². The van der Waals surface area contributed by atoms with E-state index in [0.717, 1.165) is 4.68 Å². The highest BCUT2D eigenvalue weighted by Crippen LogP contribution is 2.34. The normalized spacial score (nSPS) is 11.8. The molecule has 1 heterocycles. The minimum Gasteiger partial charge on any atom is -0.480 e. The van der Waals surface area contributed by atoms with Crippen molar-refractivity contribution in [2.24, 2.45) is 7.05 Å². The van der Waals surface area contributed by atoms with Crippen LogP contribution in [0.5, 0.6) is 5.88 Å². The first-order chi connectivity index (χ1) is 5.88. The third-order valence-corrected chi connectivity index (χ3v) is 1.70. The van der Waals surface area contributed by atoms with Gasteiger partial charge in [-0.05, 0) is 6.92 Å². The molecule has 0 N–H and O–H groups in total. The number of aryl methyl sites for hydroxylation is 1. The summed E-state index contributed by atoms with van der Waals surface area (Å²) in [4.78, 5) is 0. The first-order valence-corrected chi connectivity index (χ1v) is 3.52. The van der Waals surface area contributed by atoms with Gasteiger partial charge in [0.1, 0.15) is 5.69 Å². The fourth-order valence-corrected chi connectivity index (χ4v) is 1.20. The number of alkyl halides is 3. The summed E-state index contributed by atoms with van der Waals surface area (Å²) in [5, 5.41) is 3.57. The van der Waals surface area contributed by atoms with Crippen LogP contribution in [0.15, 0.2) is 0 Å². The summed E-state index contributed by atoms with van der Waals surface area (Å²) in [7, 11) is 2.52. The van der Waals surface area contributed by atoms with Gasteiger partial charge < -0.3 is 4.74 Å². The van der Waals surface area contributed by atoms with Crippen LogP contribution in [-0.2, 0) is 13.2 Å². The number of rotatable bonds is 1. The van der Waals surface area contributed by atoms with Crippen LogP contribution in [0.2, 0.25) is 0 Å². The summed E-state index contributed by atoms with van der Waals surface area (Å²) < 4.78 is 42.5. The van der Waals surface area contributed by atoms with E-state index in [1.165, 1.54) is 21.1 Å². The number of nitrogens with zero attached hydrogens (tertiary/aromatic N) is 2. The highest BCUT2D eigenvalue weighted by molar-refractivity contribution is 5.31. The van der Waals surface area contributed by atoms with Crippen LogP contribution in [-0.4, -0.2) is 16.9 Å². The Hall–Kier alpha value is -1.20. The molecule has 1 aromatic heterocycles. The lowest BCUT2D eigenvalue weighted by atomic mass is 10.2. The monoisotopic (exact) mass is 194 g/mol. The van der Waals surface area contributed by atoms with Gasteiger partial charge in [-0.2, -0.15) is 13.2 Å². The maximum Gasteiger partial charge on any atom is 0.433 e. The van der Waals surface area contributed by atoms with Crippen molar-refractivity contribution in [1.29, 1.82) is 0 Å². The molecule has 74 valence electrons. The van der Waals surface area contributed by atoms with Crippen molar-refractivity contribution in [3.63, 3.8) is 0 Å². The molecule has 3 nitrogen and oxygen atoms in total. The van der Waals surface area contributed by atoms with Crippen LogP contribution in [0.4, 0.5) is 13.2 Å². The molecule has 1 rings (SSSR count). The second-order valence-electron chi connectivity index (χ2n) is 2.60. The van der Waals surface area contributed by atoms with Crippen molar-refractivity contribution < 1.29 is 17.9 Å². The predicted molar refractivity (Wildman–Crippen MR) is 39.5 cm³/mol. The van der Waals surface area contributed by atoms with Crippen LogP contribution >= 0.6 is 0 Å². The zero-order valence-corrected chi connectivity index (χ0v) is 7.44. The summed E-state index contributed by atoms with van der Waals surface area (Å²) >= 11 is 0. The molecule has 0 aromatic carbocycles. The lowest BCUT2D eigenvalue weighted by Gasteiger charge is -2.06. The predicted octanol–water partition coefficient (Wildman–Crippen LogP) is 1.76. The lowest BCUT2D eigenvalue weighted by Crippen LogP contribution is -2.13. The van der Waals surface area contributed by atoms with Crippen LogP contribution < -0.4 is 4.74 Å². The molecule has 0 fully saturated rings. The molecule has 0 aliphatic heterocycles. The highest BCUT2D eigenvalue weighted by Gasteiger charge is 2.38. The van der Waals surface area contributed by atoms with Gasteiger partial charge in [0.15, 0.2) is 0 Å². The minimum atomic E-state index is -4.39. The van der Waals surface area contributed by atoms with E-state index < -0.39 is 11.9 Å². The maximum absolute atomic E-state index is 12.3. The van der Waals surface area contributed by atoms with E-state index in [-0.39, 0.29) is 11.4 Å². The molecule has 0 bridgehead atoms. The van der Waals surface area contributed by atoms with Gasteiger partial charge in [-0.1, -0.05) is 0 Å². The van der Waals surface area contributed by atoms with Gasteiger partial charge in [-0.3, -0.25) is 4.68 Å². The van der Waals surface area contributed by atoms with E-state index in [1.54, 1.807) is 0 Å². The van der Waals surface area contributed by atoms with Crippen molar-refractivity contribution in [3.8, 4) is 5.88 Å². The first kappa shape index (κ1) is 9.88. The van der Waals surface area contributed by atoms with E-state index in [1.807, 2.05) is 0 Å². The van der Waals surface area contributed by atoms with Crippen molar-refractivity contribution >= 4 is 0 Å². The molecule has 0 amide bonds. The molecule has 0 aliphatic rings. The Balaban J connectivity index is 3.29. The molecule has 0 saturated carbocycles. The standard InChI is InChI=1S/C7H9F3N2O/c1-4-5(7(8,9)10)12(2)11-6(4)13-3/h1-3H3. The highest BCUT2D eigenvalue weighted by atomic mass is 19.4. The number of aromatic nitrogens is 2. The summed E-state index contributed by atoms with van der Waals surface area (Å²) in [5.41, 5.74) is -0.762. The van der Waals surface area contributed by atoms with E-state index in [2.05, 4.69) is 9.84 Å². The van der Waals surface area contributed by atoms with E-state index >= 15 is 0 Å². The third-order valence-electron chi connectivity index (χ3n) is 1.70. The van der Waals surface area contributed by atoms with Gasteiger partial charge in [0.2, 0.25) is 5.88 Å². The SMILES string of the molecule is COc1nn(C)c(C(F)(F)F)c1C. The minimum absolute atomic E-state index is 0.00910. The molecular weight excluding hydrogens is 185 g/mol. The average Bonchev–Trinajstić information content (AvgIpc) is 2.24. The fraction of sp³-hybridized carbons (Fsp3) is 0.571. The zero-order chi connectivity index (χ0) is 10.2. The number of halogens is 3. The van der Waals surface area contributed by atoms with Gasteiger partial charge in [0, 0.05) is 12.6 Å². The van der Waals surface area contributed by atoms with Crippen LogP contribution in [0.3, 0.4) is 0 Å². The van der Waals surface area contributed by atoms with Gasteiger partial charge in [0.05, 0.1) is 7.11 Å². The van der Waals surface area contributed by atoms with Gasteiger partial charge >= 0.3 is 6.18 Å². The summed E-state index contributed by atoms with van der Waals surface area (Å²) in [6, 6.07) is 0. The number of methoxy groups -OCH3 is 1.